The van der Waals surface area contributed by atoms with Crippen LogP contribution in [0.15, 0.2) is 61.3 Å². The summed E-state index contributed by atoms with van der Waals surface area (Å²) in [6, 6.07) is 12.9. The average Bonchev–Trinajstić information content (AvgIpc) is 3.24. The quantitative estimate of drug-likeness (QED) is 0.307. The number of aromatic nitrogens is 2. The van der Waals surface area contributed by atoms with Crippen molar-refractivity contribution in [1.29, 1.82) is 0 Å². The molecule has 11 nitrogen and oxygen atoms in total. The maximum atomic E-state index is 12.2. The Morgan fingerprint density at radius 3 is 2.73 bits per heavy atom. The molecule has 2 aromatic carbocycles. The van der Waals surface area contributed by atoms with Gasteiger partial charge >= 0.3 is 0 Å². The highest BCUT2D eigenvalue weighted by Gasteiger charge is 2.28. The van der Waals surface area contributed by atoms with E-state index in [0.29, 0.717) is 28.9 Å². The largest absolute Gasteiger partial charge is 0.494 e. The van der Waals surface area contributed by atoms with E-state index in [1.165, 1.54) is 6.08 Å². The van der Waals surface area contributed by atoms with Crippen LogP contribution in [-0.4, -0.2) is 67.2 Å². The smallest absolute Gasteiger partial charge is 0.247 e. The summed E-state index contributed by atoms with van der Waals surface area (Å²) in [7, 11) is 7.55. The van der Waals surface area contributed by atoms with Crippen LogP contribution in [-0.2, 0) is 4.79 Å². The van der Waals surface area contributed by atoms with E-state index >= 15 is 0 Å². The number of fused-ring (bicyclic) bond motifs is 1. The number of methoxy groups -OCH3 is 1. The molecule has 0 spiro atoms. The molecule has 11 heteroatoms. The van der Waals surface area contributed by atoms with Gasteiger partial charge in [0.2, 0.25) is 11.9 Å². The van der Waals surface area contributed by atoms with Gasteiger partial charge in [-0.25, -0.2) is 4.98 Å². The van der Waals surface area contributed by atoms with Gasteiger partial charge in [-0.3, -0.25) is 9.80 Å². The first-order valence-corrected chi connectivity index (χ1v) is 11.8. The molecule has 1 aromatic heterocycles. The van der Waals surface area contributed by atoms with E-state index in [1.807, 2.05) is 56.4 Å². The molecule has 0 fully saturated rings. The zero-order valence-electron chi connectivity index (χ0n) is 21.4. The van der Waals surface area contributed by atoms with Gasteiger partial charge in [0.05, 0.1) is 29.9 Å². The van der Waals surface area contributed by atoms with Crippen molar-refractivity contribution in [2.24, 2.45) is 0 Å². The van der Waals surface area contributed by atoms with Gasteiger partial charge in [0.1, 0.15) is 12.0 Å². The van der Waals surface area contributed by atoms with Crippen molar-refractivity contribution in [3.63, 3.8) is 0 Å². The summed E-state index contributed by atoms with van der Waals surface area (Å²) in [5.41, 5.74) is 6.51. The van der Waals surface area contributed by atoms with E-state index in [4.69, 9.17) is 4.74 Å². The van der Waals surface area contributed by atoms with Gasteiger partial charge in [-0.2, -0.15) is 10.4 Å². The summed E-state index contributed by atoms with van der Waals surface area (Å²) in [6.45, 7) is 5.13. The highest BCUT2D eigenvalue weighted by molar-refractivity contribution is 6.02. The number of nitrogens with zero attached hydrogens (tertiary/aromatic N) is 5. The molecule has 4 N–H and O–H groups in total. The van der Waals surface area contributed by atoms with Crippen molar-refractivity contribution in [3.8, 4) is 5.75 Å². The van der Waals surface area contributed by atoms with Crippen LogP contribution in [0, 0.1) is 0 Å². The zero-order chi connectivity index (χ0) is 26.5. The Labute approximate surface area is 216 Å². The van der Waals surface area contributed by atoms with Gasteiger partial charge in [0, 0.05) is 44.0 Å². The van der Waals surface area contributed by atoms with Crippen LogP contribution in [0.1, 0.15) is 11.8 Å². The van der Waals surface area contributed by atoms with E-state index in [0.717, 1.165) is 30.0 Å². The zero-order valence-corrected chi connectivity index (χ0v) is 21.4. The maximum Gasteiger partial charge on any atom is 0.247 e. The number of hydrogen-bond donors (Lipinski definition) is 4. The molecule has 0 aliphatic carbocycles. The third kappa shape index (κ3) is 5.80. The number of benzene rings is 2. The molecule has 1 aliphatic rings. The first-order chi connectivity index (χ1) is 17.8. The van der Waals surface area contributed by atoms with Gasteiger partial charge in [-0.15, -0.1) is 0 Å². The van der Waals surface area contributed by atoms with E-state index in [9.17, 15) is 9.90 Å². The second kappa shape index (κ2) is 11.2. The molecule has 4 rings (SSSR count). The highest BCUT2D eigenvalue weighted by Crippen LogP contribution is 2.39. The Bertz CT molecular complexity index is 1280. The van der Waals surface area contributed by atoms with Gasteiger partial charge in [-0.1, -0.05) is 24.8 Å². The number of carbonyl (C=O) groups excluding carboxylic acids is 1. The van der Waals surface area contributed by atoms with Gasteiger partial charge in [0.25, 0.3) is 0 Å². The van der Waals surface area contributed by atoms with Crippen LogP contribution < -0.4 is 30.7 Å². The number of aliphatic hydroxyl groups excluding tert-OH is 1. The van der Waals surface area contributed by atoms with Crippen molar-refractivity contribution in [2.45, 2.75) is 6.23 Å². The van der Waals surface area contributed by atoms with Crippen LogP contribution in [0.5, 0.6) is 5.75 Å². The van der Waals surface area contributed by atoms with E-state index in [2.05, 4.69) is 37.5 Å². The highest BCUT2D eigenvalue weighted by atomic mass is 16.5. The molecule has 0 saturated carbocycles. The Hall–Kier alpha value is -4.19. The molecule has 194 valence electrons. The number of hydrazine groups is 1. The van der Waals surface area contributed by atoms with E-state index in [1.54, 1.807) is 30.4 Å². The van der Waals surface area contributed by atoms with Gasteiger partial charge in [-0.05, 0) is 32.3 Å². The number of nitrogens with one attached hydrogen (secondary N) is 3. The molecular weight excluding hydrogens is 472 g/mol. The van der Waals surface area contributed by atoms with Gasteiger partial charge in [0.15, 0.2) is 5.82 Å². The van der Waals surface area contributed by atoms with Crippen LogP contribution in [0.3, 0.4) is 0 Å². The Balaban J connectivity index is 1.66. The Kier molecular flexibility index (Phi) is 7.87. The van der Waals surface area contributed by atoms with Gasteiger partial charge < -0.3 is 30.3 Å². The average molecular weight is 505 g/mol. The predicted molar refractivity (Wildman–Crippen MR) is 146 cm³/mol. The van der Waals surface area contributed by atoms with Crippen LogP contribution in [0.25, 0.3) is 0 Å². The monoisotopic (exact) mass is 504 g/mol. The topological polar surface area (TPSA) is 118 Å². The Morgan fingerprint density at radius 1 is 1.22 bits per heavy atom. The third-order valence-corrected chi connectivity index (χ3v) is 5.90. The number of aliphatic hydroxyl groups is 1. The standard InChI is InChI=1S/C26H32N8O3/c1-6-24(35)28-18-15-19(22(37-5)16-21(18)33(4)14-13-32(2)3)29-26-27-12-11-23(30-26)34-20-10-8-7-9-17(20)25(36)31-34/h6-12,15-16,25,31,36H,1,13-14H2,2-5H3,(H,28,35)(H,27,29,30). The molecule has 1 aliphatic heterocycles. The lowest BCUT2D eigenvalue weighted by molar-refractivity contribution is -0.111. The van der Waals surface area contributed by atoms with Crippen LogP contribution in [0.2, 0.25) is 0 Å². The minimum absolute atomic E-state index is 0.311. The Morgan fingerprint density at radius 2 is 2.00 bits per heavy atom. The lowest BCUT2D eigenvalue weighted by atomic mass is 10.2. The summed E-state index contributed by atoms with van der Waals surface area (Å²) < 4.78 is 5.67. The molecule has 1 atom stereocenters. The molecule has 37 heavy (non-hydrogen) atoms. The van der Waals surface area contributed by atoms with Crippen LogP contribution >= 0.6 is 0 Å². The van der Waals surface area contributed by atoms with Crippen LogP contribution in [0.4, 0.5) is 34.5 Å². The molecule has 0 radical (unpaired) electrons. The second-order valence-corrected chi connectivity index (χ2v) is 8.78. The van der Waals surface area contributed by atoms with E-state index < -0.39 is 6.23 Å². The summed E-state index contributed by atoms with van der Waals surface area (Å²) in [4.78, 5) is 25.3. The fraction of sp³-hybridized carbons (Fsp3) is 0.269. The maximum absolute atomic E-state index is 12.2. The molecule has 0 bridgehead atoms. The molecule has 1 amide bonds. The minimum atomic E-state index is -0.837. The lowest BCUT2D eigenvalue weighted by Crippen LogP contribution is -2.30. The van der Waals surface area contributed by atoms with Crippen molar-refractivity contribution >= 4 is 40.4 Å². The fourth-order valence-corrected chi connectivity index (χ4v) is 3.93. The fourth-order valence-electron chi connectivity index (χ4n) is 3.93. The number of likely N-dealkylation sites (N-methyl/N-ethyl adjacent to an activating group) is 2. The molecule has 2 heterocycles. The van der Waals surface area contributed by atoms with Crippen molar-refractivity contribution in [3.05, 3.63) is 66.9 Å². The molecule has 1 unspecified atom stereocenters. The number of anilines is 6. The molecule has 0 saturated heterocycles. The lowest BCUT2D eigenvalue weighted by Gasteiger charge is -2.26. The number of ether oxygens (including phenoxy) is 1. The van der Waals surface area contributed by atoms with Crippen molar-refractivity contribution in [1.82, 2.24) is 20.3 Å². The first kappa shape index (κ1) is 25.9. The normalized spacial score (nSPS) is 14.3. The molecular formula is C26H32N8O3. The third-order valence-electron chi connectivity index (χ3n) is 5.90. The minimum Gasteiger partial charge on any atom is -0.494 e. The summed E-state index contributed by atoms with van der Waals surface area (Å²) in [6.07, 6.45) is 2.01. The number of amides is 1. The SMILES string of the molecule is C=CC(=O)Nc1cc(Nc2nccc(N3NC(O)c4ccccc43)n2)c(OC)cc1N(C)CCN(C)C. The first-order valence-electron chi connectivity index (χ1n) is 11.8. The number of rotatable bonds is 10. The van der Waals surface area contributed by atoms with E-state index in [-0.39, 0.29) is 5.91 Å². The summed E-state index contributed by atoms with van der Waals surface area (Å²) >= 11 is 0. The van der Waals surface area contributed by atoms with Crippen molar-refractivity contribution in [2.75, 3.05) is 61.9 Å². The predicted octanol–water partition coefficient (Wildman–Crippen LogP) is 3.00. The number of para-hydroxylation sites is 1. The summed E-state index contributed by atoms with van der Waals surface area (Å²) in [5.74, 6) is 1.08. The van der Waals surface area contributed by atoms with Crippen molar-refractivity contribution < 1.29 is 14.6 Å². The number of hydrogen-bond acceptors (Lipinski definition) is 10. The molecule has 3 aromatic rings. The second-order valence-electron chi connectivity index (χ2n) is 8.78. The summed E-state index contributed by atoms with van der Waals surface area (Å²) in [5, 5.41) is 18.2. The number of carbonyl (C=O) groups is 1.